The molecule has 1 heterocycles. The van der Waals surface area contributed by atoms with E-state index in [0.717, 1.165) is 12.8 Å². The summed E-state index contributed by atoms with van der Waals surface area (Å²) in [7, 11) is 2.24. The van der Waals surface area contributed by atoms with Gasteiger partial charge in [-0.1, -0.05) is 0 Å². The van der Waals surface area contributed by atoms with E-state index in [0.29, 0.717) is 24.2 Å². The molecule has 1 aliphatic heterocycles. The lowest BCUT2D eigenvalue weighted by Gasteiger charge is -2.48. The standard InChI is InChI=1S/C14H28N2O/c1-10(2)16-7-6-13(11(16)3)15(5)12-8-14(4,17)9-12/h10-13,17H,6-9H2,1-5H3. The molecule has 3 nitrogen and oxygen atoms in total. The molecule has 0 aromatic carbocycles. The summed E-state index contributed by atoms with van der Waals surface area (Å²) in [6.45, 7) is 10.1. The molecule has 0 spiro atoms. The largest absolute Gasteiger partial charge is 0.390 e. The zero-order valence-electron chi connectivity index (χ0n) is 12.0. The van der Waals surface area contributed by atoms with Crippen LogP contribution in [0.4, 0.5) is 0 Å². The first-order valence-electron chi connectivity index (χ1n) is 7.02. The third kappa shape index (κ3) is 2.51. The molecule has 17 heavy (non-hydrogen) atoms. The van der Waals surface area contributed by atoms with E-state index >= 15 is 0 Å². The Kier molecular flexibility index (Phi) is 3.54. The zero-order chi connectivity index (χ0) is 12.8. The molecule has 2 rings (SSSR count). The van der Waals surface area contributed by atoms with Crippen molar-refractivity contribution in [2.75, 3.05) is 13.6 Å². The Morgan fingerprint density at radius 2 is 1.94 bits per heavy atom. The molecule has 1 saturated carbocycles. The summed E-state index contributed by atoms with van der Waals surface area (Å²) in [4.78, 5) is 5.11. The zero-order valence-corrected chi connectivity index (χ0v) is 12.0. The molecule has 1 aliphatic carbocycles. The molecule has 2 aliphatic rings. The quantitative estimate of drug-likeness (QED) is 0.813. The van der Waals surface area contributed by atoms with Crippen LogP contribution in [0.2, 0.25) is 0 Å². The SMILES string of the molecule is CC(C)N1CCC(N(C)C2CC(C)(O)C2)C1C. The van der Waals surface area contributed by atoms with Crippen LogP contribution in [0.5, 0.6) is 0 Å². The van der Waals surface area contributed by atoms with Crippen LogP contribution < -0.4 is 0 Å². The highest BCUT2D eigenvalue weighted by molar-refractivity contribution is 5.00. The van der Waals surface area contributed by atoms with E-state index in [9.17, 15) is 5.11 Å². The van der Waals surface area contributed by atoms with Crippen molar-refractivity contribution in [3.8, 4) is 0 Å². The van der Waals surface area contributed by atoms with Crippen LogP contribution in [0, 0.1) is 0 Å². The van der Waals surface area contributed by atoms with Crippen molar-refractivity contribution in [3.05, 3.63) is 0 Å². The van der Waals surface area contributed by atoms with Crippen LogP contribution in [-0.2, 0) is 0 Å². The molecule has 2 unspecified atom stereocenters. The van der Waals surface area contributed by atoms with E-state index in [-0.39, 0.29) is 0 Å². The molecule has 2 fully saturated rings. The van der Waals surface area contributed by atoms with Crippen LogP contribution in [0.15, 0.2) is 0 Å². The maximum atomic E-state index is 9.84. The van der Waals surface area contributed by atoms with E-state index < -0.39 is 5.60 Å². The third-order valence-electron chi connectivity index (χ3n) is 4.88. The fourth-order valence-corrected chi connectivity index (χ4v) is 3.73. The van der Waals surface area contributed by atoms with Gasteiger partial charge < -0.3 is 5.11 Å². The van der Waals surface area contributed by atoms with Gasteiger partial charge in [-0.25, -0.2) is 0 Å². The molecular weight excluding hydrogens is 212 g/mol. The van der Waals surface area contributed by atoms with Crippen LogP contribution in [-0.4, -0.2) is 58.3 Å². The van der Waals surface area contributed by atoms with E-state index in [1.807, 2.05) is 6.92 Å². The molecule has 1 saturated heterocycles. The van der Waals surface area contributed by atoms with Gasteiger partial charge in [-0.2, -0.15) is 0 Å². The predicted molar refractivity (Wildman–Crippen MR) is 71.1 cm³/mol. The topological polar surface area (TPSA) is 26.7 Å². The highest BCUT2D eigenvalue weighted by Gasteiger charge is 2.45. The van der Waals surface area contributed by atoms with E-state index in [1.165, 1.54) is 13.0 Å². The van der Waals surface area contributed by atoms with Gasteiger partial charge in [-0.05, 0) is 54.0 Å². The van der Waals surface area contributed by atoms with E-state index in [2.05, 4.69) is 37.6 Å². The summed E-state index contributed by atoms with van der Waals surface area (Å²) in [5.74, 6) is 0. The Hall–Kier alpha value is -0.120. The Balaban J connectivity index is 1.91. The minimum Gasteiger partial charge on any atom is -0.390 e. The van der Waals surface area contributed by atoms with Gasteiger partial charge >= 0.3 is 0 Å². The Labute approximate surface area is 106 Å². The lowest BCUT2D eigenvalue weighted by molar-refractivity contribution is -0.0834. The summed E-state index contributed by atoms with van der Waals surface area (Å²) in [6, 6.07) is 2.54. The van der Waals surface area contributed by atoms with Crippen molar-refractivity contribution in [3.63, 3.8) is 0 Å². The van der Waals surface area contributed by atoms with E-state index in [1.54, 1.807) is 0 Å². The first-order valence-corrected chi connectivity index (χ1v) is 7.02. The number of nitrogens with zero attached hydrogens (tertiary/aromatic N) is 2. The molecule has 3 heteroatoms. The minimum atomic E-state index is -0.404. The van der Waals surface area contributed by atoms with Crippen LogP contribution >= 0.6 is 0 Å². The summed E-state index contributed by atoms with van der Waals surface area (Å²) >= 11 is 0. The fourth-order valence-electron chi connectivity index (χ4n) is 3.73. The Morgan fingerprint density at radius 3 is 2.35 bits per heavy atom. The third-order valence-corrected chi connectivity index (χ3v) is 4.88. The first kappa shape index (κ1) is 13.3. The van der Waals surface area contributed by atoms with Crippen LogP contribution in [0.3, 0.4) is 0 Å². The van der Waals surface area contributed by atoms with Gasteiger partial charge in [0.25, 0.3) is 0 Å². The normalized spacial score (nSPS) is 43.4. The lowest BCUT2D eigenvalue weighted by atomic mass is 9.76. The van der Waals surface area contributed by atoms with Crippen LogP contribution in [0.25, 0.3) is 0 Å². The number of aliphatic hydroxyl groups is 1. The highest BCUT2D eigenvalue weighted by Crippen LogP contribution is 2.37. The molecule has 2 atom stereocenters. The summed E-state index contributed by atoms with van der Waals surface area (Å²) < 4.78 is 0. The summed E-state index contributed by atoms with van der Waals surface area (Å²) in [5.41, 5.74) is -0.404. The lowest BCUT2D eigenvalue weighted by Crippen LogP contribution is -2.57. The predicted octanol–water partition coefficient (Wildman–Crippen LogP) is 1.70. The summed E-state index contributed by atoms with van der Waals surface area (Å²) in [5, 5.41) is 9.84. The van der Waals surface area contributed by atoms with Crippen molar-refractivity contribution in [2.45, 2.75) is 76.7 Å². The van der Waals surface area contributed by atoms with Gasteiger partial charge in [0.15, 0.2) is 0 Å². The number of likely N-dealkylation sites (N-methyl/N-ethyl adjacent to an activating group) is 1. The molecule has 0 radical (unpaired) electrons. The van der Waals surface area contributed by atoms with E-state index in [4.69, 9.17) is 0 Å². The van der Waals surface area contributed by atoms with Crippen LogP contribution in [0.1, 0.15) is 47.0 Å². The van der Waals surface area contributed by atoms with Crippen molar-refractivity contribution in [1.29, 1.82) is 0 Å². The van der Waals surface area contributed by atoms with Gasteiger partial charge in [0, 0.05) is 30.7 Å². The monoisotopic (exact) mass is 240 g/mol. The second-order valence-corrected chi connectivity index (χ2v) is 6.65. The fraction of sp³-hybridized carbons (Fsp3) is 1.00. The maximum absolute atomic E-state index is 9.84. The van der Waals surface area contributed by atoms with Gasteiger partial charge in [-0.3, -0.25) is 9.80 Å². The number of hydrogen-bond donors (Lipinski definition) is 1. The number of likely N-dealkylation sites (tertiary alicyclic amines) is 1. The average molecular weight is 240 g/mol. The molecule has 0 bridgehead atoms. The number of rotatable bonds is 3. The highest BCUT2D eigenvalue weighted by atomic mass is 16.3. The molecule has 0 aromatic rings. The summed E-state index contributed by atoms with van der Waals surface area (Å²) in [6.07, 6.45) is 3.15. The first-order chi connectivity index (χ1) is 7.82. The molecule has 0 amide bonds. The molecule has 100 valence electrons. The van der Waals surface area contributed by atoms with Gasteiger partial charge in [-0.15, -0.1) is 0 Å². The van der Waals surface area contributed by atoms with Crippen molar-refractivity contribution in [1.82, 2.24) is 9.80 Å². The Morgan fingerprint density at radius 1 is 1.35 bits per heavy atom. The minimum absolute atomic E-state index is 0.404. The van der Waals surface area contributed by atoms with Crippen molar-refractivity contribution >= 4 is 0 Å². The van der Waals surface area contributed by atoms with Crippen molar-refractivity contribution < 1.29 is 5.11 Å². The van der Waals surface area contributed by atoms with Gasteiger partial charge in [0.2, 0.25) is 0 Å². The number of hydrogen-bond acceptors (Lipinski definition) is 3. The molecule has 0 aromatic heterocycles. The second-order valence-electron chi connectivity index (χ2n) is 6.65. The smallest absolute Gasteiger partial charge is 0.0649 e. The second kappa shape index (κ2) is 4.52. The van der Waals surface area contributed by atoms with Crippen molar-refractivity contribution in [2.24, 2.45) is 0 Å². The Bertz CT molecular complexity index is 269. The van der Waals surface area contributed by atoms with Gasteiger partial charge in [0.1, 0.15) is 0 Å². The average Bonchev–Trinajstić information content (AvgIpc) is 2.55. The molecular formula is C14H28N2O. The molecule has 1 N–H and O–H groups in total. The maximum Gasteiger partial charge on any atom is 0.0649 e. The van der Waals surface area contributed by atoms with Gasteiger partial charge in [0.05, 0.1) is 5.60 Å².